The van der Waals surface area contributed by atoms with Gasteiger partial charge in [0, 0.05) is 31.8 Å². The molecule has 2 N–H and O–H groups in total. The van der Waals surface area contributed by atoms with Gasteiger partial charge in [-0.15, -0.1) is 0 Å². The van der Waals surface area contributed by atoms with Gasteiger partial charge in [-0.2, -0.15) is 0 Å². The third-order valence-corrected chi connectivity index (χ3v) is 3.07. The fraction of sp³-hybridized carbons (Fsp3) is 1.00. The van der Waals surface area contributed by atoms with Gasteiger partial charge in [0.25, 0.3) is 0 Å². The van der Waals surface area contributed by atoms with E-state index in [0.29, 0.717) is 6.04 Å². The predicted octanol–water partition coefficient (Wildman–Crippen LogP) is 1.47. The molecule has 0 aromatic rings. The van der Waals surface area contributed by atoms with Gasteiger partial charge in [-0.3, -0.25) is 4.90 Å². The molecule has 0 bridgehead atoms. The van der Waals surface area contributed by atoms with Crippen LogP contribution in [0.4, 0.5) is 0 Å². The first-order chi connectivity index (χ1) is 6.94. The van der Waals surface area contributed by atoms with Gasteiger partial charge in [0.05, 0.1) is 6.61 Å². The summed E-state index contributed by atoms with van der Waals surface area (Å²) < 4.78 is 5.15. The molecule has 1 unspecified atom stereocenters. The Morgan fingerprint density at radius 1 is 1.47 bits per heavy atom. The largest absolute Gasteiger partial charge is 0.383 e. The van der Waals surface area contributed by atoms with E-state index in [1.54, 1.807) is 7.11 Å². The molecular weight excluding hydrogens is 188 g/mol. The van der Waals surface area contributed by atoms with Crippen molar-refractivity contribution >= 4 is 0 Å². The summed E-state index contributed by atoms with van der Waals surface area (Å²) in [6, 6.07) is 0.656. The smallest absolute Gasteiger partial charge is 0.0589 e. The Hall–Kier alpha value is -0.120. The van der Waals surface area contributed by atoms with Crippen LogP contribution in [0.25, 0.3) is 0 Å². The topological polar surface area (TPSA) is 38.5 Å². The van der Waals surface area contributed by atoms with Gasteiger partial charge in [-0.1, -0.05) is 0 Å². The second kappa shape index (κ2) is 5.28. The van der Waals surface area contributed by atoms with Crippen molar-refractivity contribution in [2.75, 3.05) is 26.8 Å². The van der Waals surface area contributed by atoms with Crippen molar-refractivity contribution in [2.45, 2.75) is 45.2 Å². The van der Waals surface area contributed by atoms with Gasteiger partial charge in [0.2, 0.25) is 0 Å². The van der Waals surface area contributed by atoms with Crippen molar-refractivity contribution in [3.05, 3.63) is 0 Å². The van der Waals surface area contributed by atoms with Crippen molar-refractivity contribution in [2.24, 2.45) is 11.7 Å². The van der Waals surface area contributed by atoms with Crippen molar-refractivity contribution < 1.29 is 4.74 Å². The molecule has 0 aromatic heterocycles. The molecule has 1 aliphatic carbocycles. The summed E-state index contributed by atoms with van der Waals surface area (Å²) in [5.74, 6) is 0.893. The Bertz CT molecular complexity index is 185. The minimum absolute atomic E-state index is 0.114. The van der Waals surface area contributed by atoms with Crippen LogP contribution in [0.5, 0.6) is 0 Å². The van der Waals surface area contributed by atoms with E-state index in [0.717, 1.165) is 25.6 Å². The average molecular weight is 214 g/mol. The number of ether oxygens (including phenoxy) is 1. The van der Waals surface area contributed by atoms with Crippen LogP contribution in [-0.4, -0.2) is 43.3 Å². The number of hydrogen-bond acceptors (Lipinski definition) is 3. The molecule has 0 amide bonds. The van der Waals surface area contributed by atoms with Gasteiger partial charge in [-0.25, -0.2) is 0 Å². The lowest BCUT2D eigenvalue weighted by molar-refractivity contribution is 0.102. The van der Waals surface area contributed by atoms with Crippen LogP contribution in [0.1, 0.15) is 33.6 Å². The standard InChI is InChI=1S/C12H26N2O/c1-10(11-5-6-11)14(7-8-15-4)9-12(2,3)13/h10-11H,5-9,13H2,1-4H3. The molecule has 0 radical (unpaired) electrons. The number of nitrogens with two attached hydrogens (primary N) is 1. The summed E-state index contributed by atoms with van der Waals surface area (Å²) in [5.41, 5.74) is 5.97. The molecule has 3 heteroatoms. The van der Waals surface area contributed by atoms with E-state index in [9.17, 15) is 0 Å². The van der Waals surface area contributed by atoms with Crippen LogP contribution < -0.4 is 5.73 Å². The third kappa shape index (κ3) is 4.96. The van der Waals surface area contributed by atoms with Crippen molar-refractivity contribution in [3.63, 3.8) is 0 Å². The summed E-state index contributed by atoms with van der Waals surface area (Å²) in [7, 11) is 1.76. The summed E-state index contributed by atoms with van der Waals surface area (Å²) in [6.45, 7) is 9.24. The van der Waals surface area contributed by atoms with E-state index < -0.39 is 0 Å². The molecule has 1 atom stereocenters. The lowest BCUT2D eigenvalue weighted by Crippen LogP contribution is -2.50. The van der Waals surface area contributed by atoms with Gasteiger partial charge < -0.3 is 10.5 Å². The average Bonchev–Trinajstić information content (AvgIpc) is 2.92. The molecule has 0 saturated heterocycles. The lowest BCUT2D eigenvalue weighted by Gasteiger charge is -2.34. The fourth-order valence-electron chi connectivity index (χ4n) is 2.04. The molecule has 0 heterocycles. The summed E-state index contributed by atoms with van der Waals surface area (Å²) in [6.07, 6.45) is 2.77. The van der Waals surface area contributed by atoms with Crippen LogP contribution in [0.3, 0.4) is 0 Å². The zero-order valence-corrected chi connectivity index (χ0v) is 10.6. The summed E-state index contributed by atoms with van der Waals surface area (Å²) in [4.78, 5) is 2.47. The Labute approximate surface area is 94.0 Å². The van der Waals surface area contributed by atoms with E-state index in [1.807, 2.05) is 0 Å². The zero-order valence-electron chi connectivity index (χ0n) is 10.6. The second-order valence-corrected chi connectivity index (χ2v) is 5.53. The first-order valence-electron chi connectivity index (χ1n) is 5.96. The Morgan fingerprint density at radius 3 is 2.47 bits per heavy atom. The molecule has 0 spiro atoms. The normalized spacial score (nSPS) is 19.6. The quantitative estimate of drug-likeness (QED) is 0.697. The van der Waals surface area contributed by atoms with Crippen LogP contribution >= 0.6 is 0 Å². The molecule has 90 valence electrons. The molecule has 1 fully saturated rings. The van der Waals surface area contributed by atoms with Crippen molar-refractivity contribution in [1.29, 1.82) is 0 Å². The Kier molecular flexibility index (Phi) is 4.56. The predicted molar refractivity (Wildman–Crippen MR) is 63.9 cm³/mol. The molecule has 1 saturated carbocycles. The number of nitrogens with zero attached hydrogens (tertiary/aromatic N) is 1. The van der Waals surface area contributed by atoms with E-state index in [1.165, 1.54) is 12.8 Å². The lowest BCUT2D eigenvalue weighted by atomic mass is 10.0. The maximum absolute atomic E-state index is 6.08. The Morgan fingerprint density at radius 2 is 2.07 bits per heavy atom. The van der Waals surface area contributed by atoms with Gasteiger partial charge in [-0.05, 0) is 39.5 Å². The molecular formula is C12H26N2O. The third-order valence-electron chi connectivity index (χ3n) is 3.07. The van der Waals surface area contributed by atoms with Crippen LogP contribution in [0, 0.1) is 5.92 Å². The highest BCUT2D eigenvalue weighted by molar-refractivity contribution is 4.88. The van der Waals surface area contributed by atoms with Crippen LogP contribution in [0.15, 0.2) is 0 Å². The molecule has 1 rings (SSSR count). The highest BCUT2D eigenvalue weighted by Crippen LogP contribution is 2.35. The molecule has 1 aliphatic rings. The van der Waals surface area contributed by atoms with Crippen molar-refractivity contribution in [3.8, 4) is 0 Å². The highest BCUT2D eigenvalue weighted by Gasteiger charge is 2.33. The van der Waals surface area contributed by atoms with E-state index in [4.69, 9.17) is 10.5 Å². The highest BCUT2D eigenvalue weighted by atomic mass is 16.5. The molecule has 0 aromatic carbocycles. The van der Waals surface area contributed by atoms with Gasteiger partial charge >= 0.3 is 0 Å². The monoisotopic (exact) mass is 214 g/mol. The van der Waals surface area contributed by atoms with Gasteiger partial charge in [0.1, 0.15) is 0 Å². The number of hydrogen-bond donors (Lipinski definition) is 1. The minimum atomic E-state index is -0.114. The zero-order chi connectivity index (χ0) is 11.5. The number of rotatable bonds is 7. The molecule has 3 nitrogen and oxygen atoms in total. The van der Waals surface area contributed by atoms with E-state index in [2.05, 4.69) is 25.7 Å². The number of methoxy groups -OCH3 is 1. The Balaban J connectivity index is 2.43. The van der Waals surface area contributed by atoms with E-state index >= 15 is 0 Å². The SMILES string of the molecule is COCCN(CC(C)(C)N)C(C)C1CC1. The molecule has 0 aliphatic heterocycles. The van der Waals surface area contributed by atoms with Crippen molar-refractivity contribution in [1.82, 2.24) is 4.90 Å². The summed E-state index contributed by atoms with van der Waals surface area (Å²) >= 11 is 0. The van der Waals surface area contributed by atoms with Crippen LogP contribution in [0.2, 0.25) is 0 Å². The maximum Gasteiger partial charge on any atom is 0.0589 e. The first-order valence-corrected chi connectivity index (χ1v) is 5.96. The summed E-state index contributed by atoms with van der Waals surface area (Å²) in [5, 5.41) is 0. The van der Waals surface area contributed by atoms with E-state index in [-0.39, 0.29) is 5.54 Å². The van der Waals surface area contributed by atoms with Gasteiger partial charge in [0.15, 0.2) is 0 Å². The fourth-order valence-corrected chi connectivity index (χ4v) is 2.04. The first kappa shape index (κ1) is 12.9. The minimum Gasteiger partial charge on any atom is -0.383 e. The van der Waals surface area contributed by atoms with Crippen LogP contribution in [-0.2, 0) is 4.74 Å². The maximum atomic E-state index is 6.08. The second-order valence-electron chi connectivity index (χ2n) is 5.53. The molecule has 15 heavy (non-hydrogen) atoms.